The molecular weight excluding hydrogens is 422 g/mol. The van der Waals surface area contributed by atoms with E-state index in [0.29, 0.717) is 43.0 Å². The third kappa shape index (κ3) is 3.77. The number of hydrogen-bond donors (Lipinski definition) is 2. The zero-order valence-electron chi connectivity index (χ0n) is 20.0. The second-order valence-electron chi connectivity index (χ2n) is 7.91. The molecule has 3 rings (SSSR count). The molecule has 0 aromatic heterocycles. The first-order valence-corrected chi connectivity index (χ1v) is 11.2. The molecule has 9 heteroatoms. The summed E-state index contributed by atoms with van der Waals surface area (Å²) in [4.78, 5) is 47.4. The Kier molecular flexibility index (Phi) is 6.62. The Labute approximate surface area is 192 Å². The maximum Gasteiger partial charge on any atom is 0.258 e. The summed E-state index contributed by atoms with van der Waals surface area (Å²) in [6.07, 6.45) is 0. The molecule has 2 amide bonds. The van der Waals surface area contributed by atoms with Gasteiger partial charge < -0.3 is 25.7 Å². The molecule has 9 nitrogen and oxygen atoms in total. The second kappa shape index (κ2) is 9.09. The molecule has 0 radical (unpaired) electrons. The van der Waals surface area contributed by atoms with Crippen LogP contribution in [0.3, 0.4) is 0 Å². The van der Waals surface area contributed by atoms with Crippen LogP contribution in [0, 0.1) is 13.8 Å². The monoisotopic (exact) mass is 453 g/mol. The van der Waals surface area contributed by atoms with E-state index in [-0.39, 0.29) is 45.3 Å². The summed E-state index contributed by atoms with van der Waals surface area (Å²) in [5.74, 6) is -0.502. The van der Waals surface area contributed by atoms with E-state index in [2.05, 4.69) is 0 Å². The number of aryl methyl sites for hydroxylation is 1. The number of amides is 2. The number of nitrogen functional groups attached to an aromatic ring is 2. The highest BCUT2D eigenvalue weighted by molar-refractivity contribution is 6.09. The number of aromatic nitrogens is 1. The highest BCUT2D eigenvalue weighted by atomic mass is 16.3. The first-order valence-electron chi connectivity index (χ1n) is 11.2. The normalized spacial score (nSPS) is 11.2. The zero-order chi connectivity index (χ0) is 24.6. The number of benzene rings is 2. The Morgan fingerprint density at radius 3 is 2.03 bits per heavy atom. The van der Waals surface area contributed by atoms with E-state index >= 15 is 0 Å². The number of carbonyl (C=O) groups is 2. The minimum Gasteiger partial charge on any atom is -0.452 e. The van der Waals surface area contributed by atoms with E-state index in [4.69, 9.17) is 20.9 Å². The minimum absolute atomic E-state index is 0.00864. The van der Waals surface area contributed by atoms with Crippen LogP contribution in [-0.4, -0.2) is 52.8 Å². The number of hydrogen-bond acceptors (Lipinski definition) is 7. The fourth-order valence-electron chi connectivity index (χ4n) is 4.01. The van der Waals surface area contributed by atoms with Crippen LogP contribution in [0.1, 0.15) is 59.5 Å². The number of rotatable bonds is 6. The van der Waals surface area contributed by atoms with Gasteiger partial charge in [0.15, 0.2) is 11.3 Å². The molecule has 0 spiro atoms. The van der Waals surface area contributed by atoms with Gasteiger partial charge in [0, 0.05) is 43.0 Å². The topological polar surface area (TPSA) is 136 Å². The van der Waals surface area contributed by atoms with Gasteiger partial charge in [0.25, 0.3) is 11.8 Å². The number of fused-ring (bicyclic) bond motifs is 2. The predicted molar refractivity (Wildman–Crippen MR) is 130 cm³/mol. The van der Waals surface area contributed by atoms with Crippen LogP contribution < -0.4 is 16.9 Å². The molecule has 176 valence electrons. The average Bonchev–Trinajstić information content (AvgIpc) is 2.81. The van der Waals surface area contributed by atoms with Crippen molar-refractivity contribution in [3.63, 3.8) is 0 Å². The Morgan fingerprint density at radius 1 is 0.939 bits per heavy atom. The highest BCUT2D eigenvalue weighted by Crippen LogP contribution is 2.36. The maximum atomic E-state index is 13.3. The van der Waals surface area contributed by atoms with E-state index in [0.717, 1.165) is 0 Å². The summed E-state index contributed by atoms with van der Waals surface area (Å²) in [5, 5.41) is 0. The number of nitrogens with zero attached hydrogens (tertiary/aromatic N) is 3. The molecular formula is C24H31N5O4. The van der Waals surface area contributed by atoms with Crippen molar-refractivity contribution in [1.82, 2.24) is 14.8 Å². The van der Waals surface area contributed by atoms with Crippen LogP contribution in [0.2, 0.25) is 0 Å². The van der Waals surface area contributed by atoms with E-state index in [1.165, 1.54) is 0 Å². The summed E-state index contributed by atoms with van der Waals surface area (Å²) in [7, 11) is 0. The van der Waals surface area contributed by atoms with Crippen molar-refractivity contribution < 1.29 is 14.0 Å². The first-order chi connectivity index (χ1) is 15.6. The van der Waals surface area contributed by atoms with Crippen molar-refractivity contribution >= 4 is 34.3 Å². The van der Waals surface area contributed by atoms with Gasteiger partial charge >= 0.3 is 0 Å². The Bertz CT molecular complexity index is 1270. The molecule has 4 N–H and O–H groups in total. The molecule has 1 aliphatic heterocycles. The lowest BCUT2D eigenvalue weighted by molar-refractivity contribution is 0.0767. The molecule has 2 aliphatic rings. The van der Waals surface area contributed by atoms with Crippen LogP contribution >= 0.6 is 0 Å². The smallest absolute Gasteiger partial charge is 0.258 e. The minimum atomic E-state index is -0.482. The third-order valence-electron chi connectivity index (χ3n) is 6.16. The highest BCUT2D eigenvalue weighted by Gasteiger charge is 2.31. The number of nitrogens with two attached hydrogens (primary N) is 2. The molecule has 1 aromatic rings. The van der Waals surface area contributed by atoms with Gasteiger partial charge in [-0.25, -0.2) is 4.98 Å². The van der Waals surface area contributed by atoms with Crippen molar-refractivity contribution in [3.8, 4) is 11.5 Å². The SMILES string of the molecule is CCN(CC)C(=O)c1c2nc3c(C(=O)N(CC)CC)cc(N)c(C)c3oc-2c(C)c(=O)c1N. The quantitative estimate of drug-likeness (QED) is 0.432. The molecule has 0 saturated heterocycles. The van der Waals surface area contributed by atoms with Gasteiger partial charge in [-0.3, -0.25) is 14.4 Å². The van der Waals surface area contributed by atoms with Gasteiger partial charge in [-0.1, -0.05) is 0 Å². The molecule has 1 aliphatic carbocycles. The van der Waals surface area contributed by atoms with Crippen molar-refractivity contribution in [2.24, 2.45) is 0 Å². The summed E-state index contributed by atoms with van der Waals surface area (Å²) >= 11 is 0. The summed E-state index contributed by atoms with van der Waals surface area (Å²) in [6.45, 7) is 12.7. The lowest BCUT2D eigenvalue weighted by atomic mass is 9.99. The lowest BCUT2D eigenvalue weighted by Crippen LogP contribution is -2.34. The van der Waals surface area contributed by atoms with Gasteiger partial charge in [-0.05, 0) is 47.6 Å². The predicted octanol–water partition coefficient (Wildman–Crippen LogP) is 3.04. The average molecular weight is 454 g/mol. The molecule has 33 heavy (non-hydrogen) atoms. The van der Waals surface area contributed by atoms with Gasteiger partial charge in [-0.2, -0.15) is 0 Å². The summed E-state index contributed by atoms with van der Waals surface area (Å²) < 4.78 is 6.16. The van der Waals surface area contributed by atoms with Gasteiger partial charge in [0.05, 0.1) is 16.8 Å². The third-order valence-corrected chi connectivity index (χ3v) is 6.16. The summed E-state index contributed by atoms with van der Waals surface area (Å²) in [6, 6.07) is 1.58. The second-order valence-corrected chi connectivity index (χ2v) is 7.91. The van der Waals surface area contributed by atoms with Crippen LogP contribution in [0.15, 0.2) is 15.3 Å². The molecule has 0 atom stereocenters. The maximum absolute atomic E-state index is 13.3. The van der Waals surface area contributed by atoms with Crippen LogP contribution in [0.5, 0.6) is 0 Å². The number of anilines is 2. The fraction of sp³-hybridized carbons (Fsp3) is 0.417. The largest absolute Gasteiger partial charge is 0.452 e. The van der Waals surface area contributed by atoms with Gasteiger partial charge in [0.2, 0.25) is 5.43 Å². The van der Waals surface area contributed by atoms with E-state index in [1.807, 2.05) is 27.7 Å². The van der Waals surface area contributed by atoms with Gasteiger partial charge in [-0.15, -0.1) is 0 Å². The van der Waals surface area contributed by atoms with E-state index < -0.39 is 11.3 Å². The Balaban J connectivity index is 2.51. The van der Waals surface area contributed by atoms with E-state index in [9.17, 15) is 14.4 Å². The first kappa shape index (κ1) is 24.0. The van der Waals surface area contributed by atoms with Crippen molar-refractivity contribution in [2.75, 3.05) is 37.6 Å². The number of carbonyl (C=O) groups excluding carboxylic acids is 2. The van der Waals surface area contributed by atoms with Crippen LogP contribution in [0.25, 0.3) is 22.6 Å². The molecule has 0 bridgehead atoms. The standard InChI is InChI=1S/C24H31N5O4/c1-7-28(8-2)23(31)14-11-15(25)12(5)21-18(14)27-19-16(24(32)29(9-3)10-4)17(26)20(30)13(6)22(19)33-21/h11H,7-10,25-26H2,1-6H3. The fourth-order valence-corrected chi connectivity index (χ4v) is 4.01. The van der Waals surface area contributed by atoms with Gasteiger partial charge in [0.1, 0.15) is 11.2 Å². The molecule has 1 aromatic carbocycles. The molecule has 0 unspecified atom stereocenters. The molecule has 0 saturated carbocycles. The molecule has 1 heterocycles. The molecule has 0 fully saturated rings. The van der Waals surface area contributed by atoms with Crippen LogP contribution in [-0.2, 0) is 0 Å². The Hall–Kier alpha value is -3.62. The van der Waals surface area contributed by atoms with Crippen molar-refractivity contribution in [1.29, 1.82) is 0 Å². The Morgan fingerprint density at radius 2 is 1.48 bits per heavy atom. The lowest BCUT2D eigenvalue weighted by Gasteiger charge is -2.23. The van der Waals surface area contributed by atoms with Crippen molar-refractivity contribution in [2.45, 2.75) is 41.5 Å². The summed E-state index contributed by atoms with van der Waals surface area (Å²) in [5.41, 5.74) is 13.9. The van der Waals surface area contributed by atoms with Crippen LogP contribution in [0.4, 0.5) is 11.4 Å². The van der Waals surface area contributed by atoms with Crippen molar-refractivity contribution in [3.05, 3.63) is 38.5 Å². The zero-order valence-corrected chi connectivity index (χ0v) is 20.0. The van der Waals surface area contributed by atoms with E-state index in [1.54, 1.807) is 29.7 Å².